The summed E-state index contributed by atoms with van der Waals surface area (Å²) in [4.78, 5) is 12.3. The molecule has 4 N–H and O–H groups in total. The van der Waals surface area contributed by atoms with Gasteiger partial charge in [-0.1, -0.05) is 17.7 Å². The van der Waals surface area contributed by atoms with Crippen LogP contribution in [0.25, 0.3) is 0 Å². The molecule has 20 heavy (non-hydrogen) atoms. The van der Waals surface area contributed by atoms with E-state index >= 15 is 0 Å². The summed E-state index contributed by atoms with van der Waals surface area (Å²) in [5.74, 6) is 5.17. The van der Waals surface area contributed by atoms with Crippen molar-refractivity contribution in [2.45, 2.75) is 13.8 Å². The first-order valence-corrected chi connectivity index (χ1v) is 6.54. The van der Waals surface area contributed by atoms with Crippen LogP contribution >= 0.6 is 11.6 Å². The van der Waals surface area contributed by atoms with Crippen LogP contribution in [0.15, 0.2) is 36.4 Å². The van der Waals surface area contributed by atoms with Crippen LogP contribution in [0.1, 0.15) is 21.5 Å². The molecule has 0 unspecified atom stereocenters. The second-order valence-electron chi connectivity index (χ2n) is 4.59. The van der Waals surface area contributed by atoms with Crippen molar-refractivity contribution in [2.75, 3.05) is 10.7 Å². The molecule has 5 heteroatoms. The van der Waals surface area contributed by atoms with Gasteiger partial charge in [0.15, 0.2) is 0 Å². The number of hydrogen-bond acceptors (Lipinski definition) is 3. The van der Waals surface area contributed by atoms with E-state index in [1.54, 1.807) is 24.3 Å². The van der Waals surface area contributed by atoms with Gasteiger partial charge in [-0.3, -0.25) is 10.6 Å². The summed E-state index contributed by atoms with van der Waals surface area (Å²) in [7, 11) is 0. The highest BCUT2D eigenvalue weighted by Gasteiger charge is 2.11. The monoisotopic (exact) mass is 289 g/mol. The van der Waals surface area contributed by atoms with E-state index in [0.717, 1.165) is 16.8 Å². The van der Waals surface area contributed by atoms with Gasteiger partial charge in [-0.15, -0.1) is 0 Å². The van der Waals surface area contributed by atoms with Crippen LogP contribution in [-0.4, -0.2) is 5.91 Å². The van der Waals surface area contributed by atoms with Gasteiger partial charge in [-0.25, -0.2) is 0 Å². The summed E-state index contributed by atoms with van der Waals surface area (Å²) in [5, 5.41) is 3.46. The van der Waals surface area contributed by atoms with Crippen molar-refractivity contribution in [3.63, 3.8) is 0 Å². The van der Waals surface area contributed by atoms with Crippen LogP contribution in [0.4, 0.5) is 11.4 Å². The molecule has 0 heterocycles. The van der Waals surface area contributed by atoms with Crippen molar-refractivity contribution in [2.24, 2.45) is 5.84 Å². The predicted molar refractivity (Wildman–Crippen MR) is 83.1 cm³/mol. The number of halogens is 1. The fourth-order valence-corrected chi connectivity index (χ4v) is 2.10. The molecule has 2 aromatic carbocycles. The Kier molecular flexibility index (Phi) is 4.27. The van der Waals surface area contributed by atoms with Crippen molar-refractivity contribution in [1.29, 1.82) is 0 Å². The molecule has 0 atom stereocenters. The molecular formula is C15H16ClN3O. The minimum absolute atomic E-state index is 0.170. The number of benzene rings is 2. The highest BCUT2D eigenvalue weighted by Crippen LogP contribution is 2.22. The molecule has 0 saturated carbocycles. The Morgan fingerprint density at radius 1 is 1.10 bits per heavy atom. The van der Waals surface area contributed by atoms with Gasteiger partial charge in [0.25, 0.3) is 5.91 Å². The Morgan fingerprint density at radius 2 is 1.85 bits per heavy atom. The molecule has 0 aliphatic heterocycles. The van der Waals surface area contributed by atoms with Gasteiger partial charge < -0.3 is 10.7 Å². The average Bonchev–Trinajstić information content (AvgIpc) is 2.42. The lowest BCUT2D eigenvalue weighted by atomic mass is 10.1. The van der Waals surface area contributed by atoms with Gasteiger partial charge in [0, 0.05) is 22.0 Å². The molecule has 1 amide bonds. The molecule has 0 fully saturated rings. The van der Waals surface area contributed by atoms with Crippen molar-refractivity contribution >= 4 is 28.9 Å². The van der Waals surface area contributed by atoms with Crippen LogP contribution in [0.3, 0.4) is 0 Å². The van der Waals surface area contributed by atoms with E-state index in [1.807, 2.05) is 26.0 Å². The van der Waals surface area contributed by atoms with E-state index in [-0.39, 0.29) is 5.91 Å². The molecule has 0 saturated heterocycles. The topological polar surface area (TPSA) is 67.2 Å². The normalized spacial score (nSPS) is 10.2. The van der Waals surface area contributed by atoms with Gasteiger partial charge in [0.1, 0.15) is 0 Å². The number of nitrogens with one attached hydrogen (secondary N) is 2. The summed E-state index contributed by atoms with van der Waals surface area (Å²) < 4.78 is 0. The highest BCUT2D eigenvalue weighted by molar-refractivity contribution is 6.31. The quantitative estimate of drug-likeness (QED) is 0.598. The minimum atomic E-state index is -0.170. The number of carbonyl (C=O) groups is 1. The third-order valence-electron chi connectivity index (χ3n) is 3.09. The number of aryl methyl sites for hydroxylation is 2. The maximum Gasteiger partial charge on any atom is 0.255 e. The van der Waals surface area contributed by atoms with Crippen LogP contribution in [0.2, 0.25) is 5.02 Å². The van der Waals surface area contributed by atoms with Crippen molar-refractivity contribution in [3.05, 3.63) is 58.1 Å². The van der Waals surface area contributed by atoms with E-state index < -0.39 is 0 Å². The summed E-state index contributed by atoms with van der Waals surface area (Å²) in [6.07, 6.45) is 0. The maximum absolute atomic E-state index is 12.3. The number of hydrogen-bond donors (Lipinski definition) is 3. The zero-order valence-corrected chi connectivity index (χ0v) is 12.1. The average molecular weight is 290 g/mol. The molecular weight excluding hydrogens is 274 g/mol. The third-order valence-corrected chi connectivity index (χ3v) is 3.32. The van der Waals surface area contributed by atoms with Gasteiger partial charge in [0.05, 0.1) is 0 Å². The standard InChI is InChI=1S/C15H16ClN3O/c1-9-3-4-11(16)8-14(9)18-15(20)13-6-5-12(19-17)7-10(13)2/h3-8,19H,17H2,1-2H3,(H,18,20). The molecule has 0 aromatic heterocycles. The number of rotatable bonds is 3. The van der Waals surface area contributed by atoms with Crippen LogP contribution in [-0.2, 0) is 0 Å². The molecule has 104 valence electrons. The lowest BCUT2D eigenvalue weighted by Crippen LogP contribution is -2.15. The zero-order valence-electron chi connectivity index (χ0n) is 11.3. The Balaban J connectivity index is 2.26. The fourth-order valence-electron chi connectivity index (χ4n) is 1.93. The molecule has 0 spiro atoms. The molecule has 2 aromatic rings. The number of nitrogens with two attached hydrogens (primary N) is 1. The van der Waals surface area contributed by atoms with E-state index in [9.17, 15) is 4.79 Å². The number of anilines is 2. The van der Waals surface area contributed by atoms with E-state index in [0.29, 0.717) is 16.3 Å². The molecule has 0 radical (unpaired) electrons. The fraction of sp³-hybridized carbons (Fsp3) is 0.133. The molecule has 0 bridgehead atoms. The van der Waals surface area contributed by atoms with Gasteiger partial charge >= 0.3 is 0 Å². The first-order chi connectivity index (χ1) is 9.51. The van der Waals surface area contributed by atoms with E-state index in [4.69, 9.17) is 17.4 Å². The first-order valence-electron chi connectivity index (χ1n) is 6.16. The van der Waals surface area contributed by atoms with Crippen LogP contribution < -0.4 is 16.6 Å². The Labute approximate surface area is 122 Å². The van der Waals surface area contributed by atoms with Gasteiger partial charge in [-0.05, 0) is 55.3 Å². The SMILES string of the molecule is Cc1ccc(Cl)cc1NC(=O)c1ccc(NN)cc1C. The number of hydrazine groups is 1. The summed E-state index contributed by atoms with van der Waals surface area (Å²) in [6, 6.07) is 10.7. The molecule has 2 rings (SSSR count). The number of amides is 1. The molecule has 0 aliphatic carbocycles. The number of carbonyl (C=O) groups excluding carboxylic acids is 1. The molecule has 0 aliphatic rings. The van der Waals surface area contributed by atoms with Crippen molar-refractivity contribution < 1.29 is 4.79 Å². The Hall–Kier alpha value is -2.04. The minimum Gasteiger partial charge on any atom is -0.324 e. The third kappa shape index (κ3) is 3.10. The smallest absolute Gasteiger partial charge is 0.255 e. The Bertz CT molecular complexity index is 656. The van der Waals surface area contributed by atoms with Crippen molar-refractivity contribution in [1.82, 2.24) is 0 Å². The molecule has 4 nitrogen and oxygen atoms in total. The zero-order chi connectivity index (χ0) is 14.7. The lowest BCUT2D eigenvalue weighted by molar-refractivity contribution is 0.102. The van der Waals surface area contributed by atoms with Gasteiger partial charge in [-0.2, -0.15) is 0 Å². The first kappa shape index (κ1) is 14.4. The number of nitrogen functional groups attached to an aromatic ring is 1. The largest absolute Gasteiger partial charge is 0.324 e. The maximum atomic E-state index is 12.3. The highest BCUT2D eigenvalue weighted by atomic mass is 35.5. The summed E-state index contributed by atoms with van der Waals surface area (Å²) >= 11 is 5.94. The lowest BCUT2D eigenvalue weighted by Gasteiger charge is -2.11. The van der Waals surface area contributed by atoms with Crippen LogP contribution in [0, 0.1) is 13.8 Å². The van der Waals surface area contributed by atoms with Crippen molar-refractivity contribution in [3.8, 4) is 0 Å². The summed E-state index contributed by atoms with van der Waals surface area (Å²) in [5.41, 5.74) is 6.43. The summed E-state index contributed by atoms with van der Waals surface area (Å²) in [6.45, 7) is 3.78. The Morgan fingerprint density at radius 3 is 2.50 bits per heavy atom. The predicted octanol–water partition coefficient (Wildman–Crippen LogP) is 3.49. The van der Waals surface area contributed by atoms with Crippen LogP contribution in [0.5, 0.6) is 0 Å². The van der Waals surface area contributed by atoms with Gasteiger partial charge in [0.2, 0.25) is 0 Å². The second-order valence-corrected chi connectivity index (χ2v) is 5.02. The second kappa shape index (κ2) is 5.94. The van der Waals surface area contributed by atoms with E-state index in [2.05, 4.69) is 10.7 Å². The van der Waals surface area contributed by atoms with E-state index in [1.165, 1.54) is 0 Å².